The minimum Gasteiger partial charge on any atom is -0.309 e. The summed E-state index contributed by atoms with van der Waals surface area (Å²) in [6.45, 7) is 0.487. The van der Waals surface area contributed by atoms with Crippen molar-refractivity contribution in [1.29, 1.82) is 0 Å². The van der Waals surface area contributed by atoms with Crippen molar-refractivity contribution in [2.24, 2.45) is 0 Å². The first kappa shape index (κ1) is 15.2. The first-order valence-corrected chi connectivity index (χ1v) is 6.99. The van der Waals surface area contributed by atoms with E-state index < -0.39 is 16.2 Å². The Morgan fingerprint density at radius 3 is 2.61 bits per heavy atom. The van der Waals surface area contributed by atoms with Crippen LogP contribution in [0.2, 0.25) is 0 Å². The van der Waals surface area contributed by atoms with E-state index in [1.807, 2.05) is 0 Å². The van der Waals surface area contributed by atoms with E-state index in [1.54, 1.807) is 6.20 Å². The van der Waals surface area contributed by atoms with E-state index in [4.69, 9.17) is 11.6 Å². The Hall–Kier alpha value is -0.880. The van der Waals surface area contributed by atoms with Crippen LogP contribution in [-0.4, -0.2) is 15.4 Å². The lowest BCUT2D eigenvalue weighted by Gasteiger charge is -2.06. The number of unbranched alkanes of at least 4 members (excludes halogenated alkanes) is 3. The lowest BCUT2D eigenvalue weighted by Crippen LogP contribution is -2.22. The van der Waals surface area contributed by atoms with Gasteiger partial charge in [0.1, 0.15) is 0 Å². The van der Waals surface area contributed by atoms with Crippen molar-refractivity contribution in [3.8, 4) is 0 Å². The summed E-state index contributed by atoms with van der Waals surface area (Å²) in [5, 5.41) is 10.7. The summed E-state index contributed by atoms with van der Waals surface area (Å²) in [5.74, 6) is 0.641. The zero-order valence-corrected chi connectivity index (χ0v) is 12.1. The molecule has 1 rings (SSSR count). The Balaban J connectivity index is 2.71. The molecule has 0 spiro atoms. The molecule has 0 aliphatic heterocycles. The number of aryl methyl sites for hydroxylation is 1. The molecule has 0 bridgehead atoms. The van der Waals surface area contributed by atoms with Gasteiger partial charge >= 0.3 is 11.2 Å². The number of nitro groups is 1. The lowest BCUT2D eigenvalue weighted by molar-refractivity contribution is -0.386. The van der Waals surface area contributed by atoms with Crippen molar-refractivity contribution >= 4 is 33.2 Å². The lowest BCUT2D eigenvalue weighted by atomic mass is 10.2. The van der Waals surface area contributed by atoms with Crippen LogP contribution in [0.3, 0.4) is 0 Å². The molecule has 7 heteroatoms. The molecule has 0 aromatic carbocycles. The van der Waals surface area contributed by atoms with Crippen LogP contribution in [0.5, 0.6) is 0 Å². The second-order valence-electron chi connectivity index (χ2n) is 3.90. The Labute approximate surface area is 118 Å². The normalized spacial score (nSPS) is 10.6. The number of hydrogen-bond donors (Lipinski definition) is 0. The highest BCUT2D eigenvalue weighted by Gasteiger charge is 2.15. The molecule has 0 radical (unpaired) electrons. The molecule has 5 nitrogen and oxygen atoms in total. The predicted molar refractivity (Wildman–Crippen MR) is 74.2 cm³/mol. The fourth-order valence-corrected chi connectivity index (χ4v) is 2.26. The number of hydrogen-bond acceptors (Lipinski definition) is 3. The zero-order valence-electron chi connectivity index (χ0n) is 9.77. The highest BCUT2D eigenvalue weighted by Crippen LogP contribution is 2.14. The standard InChI is InChI=1S/C11H14BrClN2O3/c12-9-7-10(15(17)18)11(16)14(8-9)6-4-2-1-3-5-13/h7-8H,1-6H2. The van der Waals surface area contributed by atoms with Gasteiger partial charge < -0.3 is 4.57 Å². The maximum Gasteiger partial charge on any atom is 0.335 e. The van der Waals surface area contributed by atoms with Crippen molar-refractivity contribution in [1.82, 2.24) is 4.57 Å². The molecular formula is C11H14BrClN2O3. The summed E-state index contributed by atoms with van der Waals surface area (Å²) in [6, 6.07) is 1.23. The third-order valence-corrected chi connectivity index (χ3v) is 3.21. The quantitative estimate of drug-likeness (QED) is 0.332. The van der Waals surface area contributed by atoms with Gasteiger partial charge in [-0.2, -0.15) is 0 Å². The maximum atomic E-state index is 11.8. The van der Waals surface area contributed by atoms with E-state index in [2.05, 4.69) is 15.9 Å². The molecule has 1 aromatic rings. The predicted octanol–water partition coefficient (Wildman–Crippen LogP) is 3.32. The number of alkyl halides is 1. The van der Waals surface area contributed by atoms with Crippen LogP contribution >= 0.6 is 27.5 Å². The Morgan fingerprint density at radius 2 is 2.00 bits per heavy atom. The minimum absolute atomic E-state index is 0.398. The minimum atomic E-state index is -0.656. The molecule has 1 aromatic heterocycles. The van der Waals surface area contributed by atoms with Gasteiger partial charge in [-0.15, -0.1) is 11.6 Å². The first-order valence-electron chi connectivity index (χ1n) is 5.66. The molecule has 0 aliphatic rings. The maximum absolute atomic E-state index is 11.8. The van der Waals surface area contributed by atoms with Crippen LogP contribution < -0.4 is 5.56 Å². The average Bonchev–Trinajstić information content (AvgIpc) is 2.32. The largest absolute Gasteiger partial charge is 0.335 e. The van der Waals surface area contributed by atoms with E-state index in [0.717, 1.165) is 25.7 Å². The zero-order chi connectivity index (χ0) is 13.5. The summed E-state index contributed by atoms with van der Waals surface area (Å²) >= 11 is 8.73. The van der Waals surface area contributed by atoms with Gasteiger partial charge in [0.2, 0.25) is 0 Å². The molecule has 18 heavy (non-hydrogen) atoms. The van der Waals surface area contributed by atoms with E-state index in [-0.39, 0.29) is 0 Å². The van der Waals surface area contributed by atoms with E-state index in [1.165, 1.54) is 10.6 Å². The van der Waals surface area contributed by atoms with Gasteiger partial charge in [-0.25, -0.2) is 0 Å². The Bertz CT molecular complexity index is 476. The molecule has 0 saturated carbocycles. The monoisotopic (exact) mass is 336 g/mol. The van der Waals surface area contributed by atoms with Crippen molar-refractivity contribution in [2.75, 3.05) is 5.88 Å². The molecular weight excluding hydrogens is 323 g/mol. The SMILES string of the molecule is O=c1c([N+](=O)[O-])cc(Br)cn1CCCCCCCl. The summed E-state index contributed by atoms with van der Waals surface area (Å²) < 4.78 is 1.91. The van der Waals surface area contributed by atoms with Gasteiger partial charge in [-0.3, -0.25) is 14.9 Å². The Kier molecular flexibility index (Phi) is 6.35. The van der Waals surface area contributed by atoms with Gasteiger partial charge in [0, 0.05) is 29.2 Å². The third-order valence-electron chi connectivity index (χ3n) is 2.51. The topological polar surface area (TPSA) is 65.1 Å². The fraction of sp³-hybridized carbons (Fsp3) is 0.545. The third kappa shape index (κ3) is 4.42. The average molecular weight is 338 g/mol. The first-order chi connectivity index (χ1) is 8.56. The second-order valence-corrected chi connectivity index (χ2v) is 5.20. The van der Waals surface area contributed by atoms with Crippen molar-refractivity contribution < 1.29 is 4.92 Å². The summed E-state index contributed by atoms with van der Waals surface area (Å²) in [6.07, 6.45) is 5.31. The Morgan fingerprint density at radius 1 is 1.33 bits per heavy atom. The summed E-state index contributed by atoms with van der Waals surface area (Å²) in [5.41, 5.74) is -0.953. The van der Waals surface area contributed by atoms with Gasteiger partial charge in [-0.1, -0.05) is 12.8 Å². The van der Waals surface area contributed by atoms with Crippen LogP contribution in [0, 0.1) is 10.1 Å². The van der Waals surface area contributed by atoms with Crippen molar-refractivity contribution in [3.63, 3.8) is 0 Å². The molecule has 1 heterocycles. The number of halogens is 2. The highest BCUT2D eigenvalue weighted by molar-refractivity contribution is 9.10. The molecule has 0 amide bonds. The van der Waals surface area contributed by atoms with Gasteiger partial charge in [0.15, 0.2) is 0 Å². The second kappa shape index (κ2) is 7.53. The van der Waals surface area contributed by atoms with Gasteiger partial charge in [-0.05, 0) is 28.8 Å². The molecule has 0 atom stereocenters. The number of nitrogens with zero attached hydrogens (tertiary/aromatic N) is 2. The highest BCUT2D eigenvalue weighted by atomic mass is 79.9. The van der Waals surface area contributed by atoms with Crippen molar-refractivity contribution in [2.45, 2.75) is 32.2 Å². The fourth-order valence-electron chi connectivity index (χ4n) is 1.61. The van der Waals surface area contributed by atoms with Crippen LogP contribution in [0.4, 0.5) is 5.69 Å². The summed E-state index contributed by atoms with van der Waals surface area (Å²) in [4.78, 5) is 21.8. The number of rotatable bonds is 7. The molecule has 0 saturated heterocycles. The van der Waals surface area contributed by atoms with Crippen LogP contribution in [0.15, 0.2) is 21.5 Å². The van der Waals surface area contributed by atoms with Gasteiger partial charge in [0.25, 0.3) is 0 Å². The molecule has 0 unspecified atom stereocenters. The molecule has 0 N–H and O–H groups in total. The van der Waals surface area contributed by atoms with E-state index in [9.17, 15) is 14.9 Å². The molecule has 0 fully saturated rings. The van der Waals surface area contributed by atoms with E-state index >= 15 is 0 Å². The van der Waals surface area contributed by atoms with Crippen LogP contribution in [-0.2, 0) is 6.54 Å². The summed E-state index contributed by atoms with van der Waals surface area (Å²) in [7, 11) is 0. The number of pyridine rings is 1. The van der Waals surface area contributed by atoms with Crippen LogP contribution in [0.25, 0.3) is 0 Å². The molecule has 100 valence electrons. The van der Waals surface area contributed by atoms with E-state index in [0.29, 0.717) is 16.9 Å². The van der Waals surface area contributed by atoms with Crippen LogP contribution in [0.1, 0.15) is 25.7 Å². The smallest absolute Gasteiger partial charge is 0.309 e. The number of aromatic nitrogens is 1. The van der Waals surface area contributed by atoms with Crippen molar-refractivity contribution in [3.05, 3.63) is 37.2 Å². The molecule has 0 aliphatic carbocycles. The van der Waals surface area contributed by atoms with Gasteiger partial charge in [0.05, 0.1) is 4.92 Å².